The first-order valence-electron chi connectivity index (χ1n) is 10.3. The summed E-state index contributed by atoms with van der Waals surface area (Å²) in [7, 11) is 0. The molecule has 0 spiro atoms. The molecule has 0 aromatic rings. The molecule has 0 amide bonds. The Hall–Kier alpha value is -0.200. The van der Waals surface area contributed by atoms with Crippen molar-refractivity contribution in [3.8, 4) is 0 Å². The summed E-state index contributed by atoms with van der Waals surface area (Å²) < 4.78 is 28.8. The lowest BCUT2D eigenvalue weighted by molar-refractivity contribution is -0.252. The predicted molar refractivity (Wildman–Crippen MR) is 97.4 cm³/mol. The van der Waals surface area contributed by atoms with E-state index in [1.54, 1.807) is 0 Å². The van der Waals surface area contributed by atoms with Gasteiger partial charge in [0.25, 0.3) is 0 Å². The van der Waals surface area contributed by atoms with Crippen molar-refractivity contribution in [2.45, 2.75) is 91.0 Å². The smallest absolute Gasteiger partial charge is 0.160 e. The van der Waals surface area contributed by atoms with Gasteiger partial charge in [-0.2, -0.15) is 0 Å². The first kappa shape index (κ1) is 21.1. The summed E-state index contributed by atoms with van der Waals surface area (Å²) in [5, 5.41) is 0. The van der Waals surface area contributed by atoms with Crippen LogP contribution in [0.5, 0.6) is 0 Å². The third-order valence-electron chi connectivity index (χ3n) is 5.16. The van der Waals surface area contributed by atoms with E-state index in [9.17, 15) is 0 Å². The van der Waals surface area contributed by atoms with Crippen LogP contribution < -0.4 is 0 Å². The quantitative estimate of drug-likeness (QED) is 0.307. The Morgan fingerprint density at radius 3 is 1.40 bits per heavy atom. The molecule has 2 rings (SSSR count). The molecule has 6 atom stereocenters. The molecule has 0 aromatic heterocycles. The lowest BCUT2D eigenvalue weighted by Gasteiger charge is -2.26. The van der Waals surface area contributed by atoms with Crippen molar-refractivity contribution in [2.24, 2.45) is 11.8 Å². The second-order valence-electron chi connectivity index (χ2n) is 7.41. The molecule has 5 nitrogen and oxygen atoms in total. The highest BCUT2D eigenvalue weighted by atomic mass is 16.8. The number of rotatable bonds is 16. The van der Waals surface area contributed by atoms with Gasteiger partial charge in [0.1, 0.15) is 0 Å². The van der Waals surface area contributed by atoms with Crippen LogP contribution in [-0.4, -0.2) is 51.2 Å². The fourth-order valence-corrected chi connectivity index (χ4v) is 3.02. The van der Waals surface area contributed by atoms with E-state index in [0.29, 0.717) is 24.0 Å². The van der Waals surface area contributed by atoms with Gasteiger partial charge < -0.3 is 23.7 Å². The number of epoxide rings is 2. The summed E-state index contributed by atoms with van der Waals surface area (Å²) in [4.78, 5) is 0. The highest BCUT2D eigenvalue weighted by Crippen LogP contribution is 2.24. The van der Waals surface area contributed by atoms with Crippen molar-refractivity contribution in [3.63, 3.8) is 0 Å². The van der Waals surface area contributed by atoms with Gasteiger partial charge in [0, 0.05) is 0 Å². The minimum atomic E-state index is -0.189. The van der Waals surface area contributed by atoms with Crippen LogP contribution in [0.1, 0.15) is 66.2 Å². The maximum atomic E-state index is 6.07. The lowest BCUT2D eigenvalue weighted by atomic mass is 10.0. The average molecular weight is 359 g/mol. The summed E-state index contributed by atoms with van der Waals surface area (Å²) in [5.41, 5.74) is 0. The van der Waals surface area contributed by atoms with Crippen molar-refractivity contribution >= 4 is 0 Å². The second-order valence-corrected chi connectivity index (χ2v) is 7.41. The van der Waals surface area contributed by atoms with Crippen LogP contribution in [0.3, 0.4) is 0 Å². The number of hydrogen-bond donors (Lipinski definition) is 0. The molecule has 25 heavy (non-hydrogen) atoms. The Kier molecular flexibility index (Phi) is 9.71. The standard InChI is InChI=1S/C20H38O5/c1-5-15(9-17-13-21-17)11-23-19(7-3)25-20(8-4)24-12-16(6-2)10-18-14-22-18/h15-20H,5-14H2,1-4H3. The zero-order chi connectivity index (χ0) is 18.1. The largest absolute Gasteiger partial charge is 0.373 e. The molecule has 0 bridgehead atoms. The van der Waals surface area contributed by atoms with Gasteiger partial charge in [-0.05, 0) is 37.5 Å². The normalized spacial score (nSPS) is 26.9. The molecular weight excluding hydrogens is 320 g/mol. The fraction of sp³-hybridized carbons (Fsp3) is 1.00. The molecule has 0 aliphatic carbocycles. The van der Waals surface area contributed by atoms with Gasteiger partial charge in [-0.1, -0.05) is 40.5 Å². The van der Waals surface area contributed by atoms with Crippen LogP contribution >= 0.6 is 0 Å². The first-order valence-corrected chi connectivity index (χ1v) is 10.3. The van der Waals surface area contributed by atoms with E-state index in [0.717, 1.165) is 65.0 Å². The SMILES string of the molecule is CCC(COC(CC)OC(CC)OCC(CC)CC1CO1)CC1CO1. The highest BCUT2D eigenvalue weighted by Gasteiger charge is 2.28. The maximum Gasteiger partial charge on any atom is 0.160 e. The summed E-state index contributed by atoms with van der Waals surface area (Å²) in [5.74, 6) is 1.10. The van der Waals surface area contributed by atoms with E-state index in [4.69, 9.17) is 23.7 Å². The van der Waals surface area contributed by atoms with Gasteiger partial charge in [0.2, 0.25) is 0 Å². The minimum absolute atomic E-state index is 0.189. The van der Waals surface area contributed by atoms with E-state index >= 15 is 0 Å². The van der Waals surface area contributed by atoms with Crippen LogP contribution in [-0.2, 0) is 23.7 Å². The van der Waals surface area contributed by atoms with Gasteiger partial charge in [-0.25, -0.2) is 0 Å². The Labute approximate surface area is 153 Å². The molecule has 0 N–H and O–H groups in total. The van der Waals surface area contributed by atoms with E-state index in [1.807, 2.05) is 0 Å². The topological polar surface area (TPSA) is 52.8 Å². The molecule has 2 aliphatic rings. The third-order valence-corrected chi connectivity index (χ3v) is 5.16. The van der Waals surface area contributed by atoms with Crippen LogP contribution in [0, 0.1) is 11.8 Å². The van der Waals surface area contributed by atoms with Gasteiger partial charge in [-0.3, -0.25) is 0 Å². The number of ether oxygens (including phenoxy) is 5. The van der Waals surface area contributed by atoms with E-state index in [-0.39, 0.29) is 12.6 Å². The Bertz CT molecular complexity index is 311. The molecule has 0 radical (unpaired) electrons. The molecule has 5 heteroatoms. The second kappa shape index (κ2) is 11.5. The highest BCUT2D eigenvalue weighted by molar-refractivity contribution is 4.74. The molecule has 0 saturated carbocycles. The zero-order valence-corrected chi connectivity index (χ0v) is 16.6. The Morgan fingerprint density at radius 1 is 0.720 bits per heavy atom. The molecular formula is C20H38O5. The predicted octanol–water partition coefficient (Wildman–Crippen LogP) is 4.14. The molecule has 2 aliphatic heterocycles. The first-order chi connectivity index (χ1) is 12.2. The molecule has 6 unspecified atom stereocenters. The maximum absolute atomic E-state index is 6.07. The fourth-order valence-electron chi connectivity index (χ4n) is 3.02. The van der Waals surface area contributed by atoms with Crippen LogP contribution in [0.4, 0.5) is 0 Å². The Morgan fingerprint density at radius 2 is 1.12 bits per heavy atom. The lowest BCUT2D eigenvalue weighted by Crippen LogP contribution is -2.29. The van der Waals surface area contributed by atoms with Gasteiger partial charge in [-0.15, -0.1) is 0 Å². The summed E-state index contributed by atoms with van der Waals surface area (Å²) in [6.45, 7) is 11.9. The van der Waals surface area contributed by atoms with Crippen molar-refractivity contribution in [3.05, 3.63) is 0 Å². The average Bonchev–Trinajstić information content (AvgIpc) is 3.54. The minimum Gasteiger partial charge on any atom is -0.373 e. The van der Waals surface area contributed by atoms with Crippen molar-refractivity contribution in [1.82, 2.24) is 0 Å². The molecule has 0 aromatic carbocycles. The van der Waals surface area contributed by atoms with Crippen molar-refractivity contribution in [1.29, 1.82) is 0 Å². The summed E-state index contributed by atoms with van der Waals surface area (Å²) in [6.07, 6.45) is 6.65. The zero-order valence-electron chi connectivity index (χ0n) is 16.6. The van der Waals surface area contributed by atoms with E-state index in [2.05, 4.69) is 27.7 Å². The molecule has 2 saturated heterocycles. The summed E-state index contributed by atoms with van der Waals surface area (Å²) in [6, 6.07) is 0. The van der Waals surface area contributed by atoms with E-state index < -0.39 is 0 Å². The molecule has 148 valence electrons. The van der Waals surface area contributed by atoms with Crippen molar-refractivity contribution in [2.75, 3.05) is 26.4 Å². The van der Waals surface area contributed by atoms with Crippen LogP contribution in [0.2, 0.25) is 0 Å². The monoisotopic (exact) mass is 358 g/mol. The summed E-state index contributed by atoms with van der Waals surface area (Å²) >= 11 is 0. The molecule has 2 heterocycles. The van der Waals surface area contributed by atoms with Gasteiger partial charge >= 0.3 is 0 Å². The number of hydrogen-bond acceptors (Lipinski definition) is 5. The van der Waals surface area contributed by atoms with Gasteiger partial charge in [0.15, 0.2) is 12.6 Å². The Balaban J connectivity index is 1.66. The molecule has 2 fully saturated rings. The van der Waals surface area contributed by atoms with Crippen molar-refractivity contribution < 1.29 is 23.7 Å². The third kappa shape index (κ3) is 8.83. The van der Waals surface area contributed by atoms with E-state index in [1.165, 1.54) is 0 Å². The van der Waals surface area contributed by atoms with Gasteiger partial charge in [0.05, 0.1) is 38.6 Å². The van der Waals surface area contributed by atoms with Crippen LogP contribution in [0.25, 0.3) is 0 Å². The van der Waals surface area contributed by atoms with Crippen LogP contribution in [0.15, 0.2) is 0 Å².